The van der Waals surface area contributed by atoms with Gasteiger partial charge in [-0.15, -0.1) is 0 Å². The summed E-state index contributed by atoms with van der Waals surface area (Å²) in [5.74, 6) is -2.62. The van der Waals surface area contributed by atoms with Crippen molar-refractivity contribution in [3.63, 3.8) is 0 Å². The molecule has 2 aromatic carbocycles. The van der Waals surface area contributed by atoms with E-state index in [-0.39, 0.29) is 24.3 Å². The second-order valence-corrected chi connectivity index (χ2v) is 12.8. The van der Waals surface area contributed by atoms with E-state index in [9.17, 15) is 14.7 Å². The van der Waals surface area contributed by atoms with Crippen molar-refractivity contribution < 1.29 is 29.0 Å². The number of hydrogen-bond acceptors (Lipinski definition) is 7. The predicted octanol–water partition coefficient (Wildman–Crippen LogP) is 2.41. The second kappa shape index (κ2) is 12.4. The van der Waals surface area contributed by atoms with Gasteiger partial charge in [-0.25, -0.2) is 0 Å². The van der Waals surface area contributed by atoms with E-state index in [0.717, 1.165) is 18.8 Å². The van der Waals surface area contributed by atoms with Crippen LogP contribution in [0.1, 0.15) is 24.9 Å². The van der Waals surface area contributed by atoms with E-state index < -0.39 is 35.1 Å². The van der Waals surface area contributed by atoms with Crippen LogP contribution in [0.25, 0.3) is 0 Å². The minimum Gasteiger partial charge on any atom is -0.394 e. The lowest BCUT2D eigenvalue weighted by molar-refractivity contribution is -0.155. The van der Waals surface area contributed by atoms with E-state index in [4.69, 9.17) is 9.47 Å². The number of carbonyl (C=O) groups excluding carboxylic acids is 3. The number of nitrogens with zero attached hydrogens (tertiary/aromatic N) is 4. The quantitative estimate of drug-likeness (QED) is 0.449. The van der Waals surface area contributed by atoms with Gasteiger partial charge in [0.1, 0.15) is 11.6 Å². The Labute approximate surface area is 269 Å². The van der Waals surface area contributed by atoms with Gasteiger partial charge in [-0.1, -0.05) is 79.8 Å². The molecule has 0 radical (unpaired) electrons. The summed E-state index contributed by atoms with van der Waals surface area (Å²) in [5, 5.41) is 10.8. The molecule has 2 aromatic rings. The van der Waals surface area contributed by atoms with Crippen LogP contribution in [0.5, 0.6) is 0 Å². The monoisotopic (exact) mass is 626 g/mol. The molecular weight excluding hydrogens is 584 g/mol. The summed E-state index contributed by atoms with van der Waals surface area (Å²) in [5.41, 5.74) is -1.03. The Morgan fingerprint density at radius 3 is 2.24 bits per heavy atom. The molecule has 5 aliphatic heterocycles. The molecule has 0 saturated carbocycles. The van der Waals surface area contributed by atoms with Gasteiger partial charge in [-0.2, -0.15) is 0 Å². The Bertz CT molecular complexity index is 1510. The van der Waals surface area contributed by atoms with E-state index in [1.54, 1.807) is 9.80 Å². The molecule has 1 unspecified atom stereocenters. The van der Waals surface area contributed by atoms with Gasteiger partial charge in [-0.05, 0) is 24.1 Å². The average Bonchev–Trinajstić information content (AvgIpc) is 3.39. The zero-order chi connectivity index (χ0) is 31.9. The number of carbonyl (C=O) groups is 3. The van der Waals surface area contributed by atoms with Crippen LogP contribution in [0.4, 0.5) is 5.69 Å². The zero-order valence-electron chi connectivity index (χ0n) is 26.2. The molecule has 3 amide bonds. The van der Waals surface area contributed by atoms with E-state index in [0.29, 0.717) is 51.4 Å². The van der Waals surface area contributed by atoms with Crippen LogP contribution in [0.15, 0.2) is 85.0 Å². The number of anilines is 1. The van der Waals surface area contributed by atoms with E-state index in [2.05, 4.69) is 4.90 Å². The van der Waals surface area contributed by atoms with Gasteiger partial charge >= 0.3 is 0 Å². The SMILES string of the molecule is CC[C@@]12C=CCN(c3ccccc3)C(=O)[C@@H]1[C@H]1C(=O)N([C@H](CO)c3ccccc3)C3C(=O)N(CCN4CCOCC4)CC=C[C@@]31O2. The van der Waals surface area contributed by atoms with Gasteiger partial charge in [0.15, 0.2) is 0 Å². The van der Waals surface area contributed by atoms with Gasteiger partial charge in [0, 0.05) is 45.0 Å². The van der Waals surface area contributed by atoms with Crippen molar-refractivity contribution in [2.75, 3.05) is 64.0 Å². The topological polar surface area (TPSA) is 103 Å². The zero-order valence-corrected chi connectivity index (χ0v) is 26.2. The summed E-state index contributed by atoms with van der Waals surface area (Å²) in [6.07, 6.45) is 8.15. The van der Waals surface area contributed by atoms with Crippen LogP contribution < -0.4 is 4.90 Å². The van der Waals surface area contributed by atoms with Gasteiger partial charge < -0.3 is 29.3 Å². The number of amides is 3. The summed E-state index contributed by atoms with van der Waals surface area (Å²) in [4.78, 5) is 51.9. The fraction of sp³-hybridized carbons (Fsp3) is 0.472. The number of benzene rings is 2. The average molecular weight is 627 g/mol. The minimum absolute atomic E-state index is 0.205. The van der Waals surface area contributed by atoms with Crippen LogP contribution in [0.3, 0.4) is 0 Å². The molecule has 3 saturated heterocycles. The van der Waals surface area contributed by atoms with Crippen LogP contribution in [-0.2, 0) is 23.9 Å². The van der Waals surface area contributed by atoms with Crippen molar-refractivity contribution >= 4 is 23.4 Å². The molecule has 10 heteroatoms. The first-order chi connectivity index (χ1) is 22.4. The molecule has 46 heavy (non-hydrogen) atoms. The van der Waals surface area contributed by atoms with E-state index in [1.165, 1.54) is 4.90 Å². The molecule has 1 spiro atoms. The third kappa shape index (κ3) is 4.90. The normalized spacial score (nSPS) is 31.8. The van der Waals surface area contributed by atoms with Crippen molar-refractivity contribution in [1.29, 1.82) is 0 Å². The maximum atomic E-state index is 15.0. The highest BCUT2D eigenvalue weighted by Gasteiger charge is 2.76. The number of likely N-dealkylation sites (tertiary alicyclic amines) is 1. The summed E-state index contributed by atoms with van der Waals surface area (Å²) < 4.78 is 12.6. The number of para-hydroxylation sites is 1. The number of morpholine rings is 1. The lowest BCUT2D eigenvalue weighted by atomic mass is 9.73. The molecule has 3 fully saturated rings. The molecule has 242 valence electrons. The number of rotatable bonds is 8. The van der Waals surface area contributed by atoms with Crippen LogP contribution in [0.2, 0.25) is 0 Å². The number of fused-ring (bicyclic) bond motifs is 2. The molecule has 0 aliphatic carbocycles. The van der Waals surface area contributed by atoms with Gasteiger partial charge in [-0.3, -0.25) is 19.3 Å². The van der Waals surface area contributed by atoms with Crippen LogP contribution in [-0.4, -0.2) is 114 Å². The Morgan fingerprint density at radius 1 is 0.848 bits per heavy atom. The van der Waals surface area contributed by atoms with Crippen LogP contribution >= 0.6 is 0 Å². The third-order valence-corrected chi connectivity index (χ3v) is 10.5. The fourth-order valence-electron chi connectivity index (χ4n) is 8.24. The number of aliphatic hydroxyl groups excluding tert-OH is 1. The van der Waals surface area contributed by atoms with Gasteiger partial charge in [0.25, 0.3) is 0 Å². The molecule has 1 N–H and O–H groups in total. The highest BCUT2D eigenvalue weighted by Crippen LogP contribution is 2.59. The van der Waals surface area contributed by atoms with Gasteiger partial charge in [0.05, 0.1) is 43.3 Å². The van der Waals surface area contributed by atoms with E-state index >= 15 is 4.79 Å². The predicted molar refractivity (Wildman–Crippen MR) is 172 cm³/mol. The maximum Gasteiger partial charge on any atom is 0.249 e. The molecule has 7 rings (SSSR count). The van der Waals surface area contributed by atoms with E-state index in [1.807, 2.05) is 91.9 Å². The number of hydrogen-bond donors (Lipinski definition) is 1. The third-order valence-electron chi connectivity index (χ3n) is 10.5. The fourth-order valence-corrected chi connectivity index (χ4v) is 8.24. The Morgan fingerprint density at radius 2 is 1.54 bits per heavy atom. The summed E-state index contributed by atoms with van der Waals surface area (Å²) in [6.45, 7) is 6.37. The molecule has 0 bridgehead atoms. The van der Waals surface area contributed by atoms with Crippen molar-refractivity contribution in [2.24, 2.45) is 11.8 Å². The summed E-state index contributed by atoms with van der Waals surface area (Å²) in [6, 6.07) is 16.9. The molecule has 5 heterocycles. The maximum absolute atomic E-state index is 15.0. The molecular formula is C36H42N4O6. The highest BCUT2D eigenvalue weighted by molar-refractivity contribution is 6.04. The lowest BCUT2D eigenvalue weighted by Crippen LogP contribution is -2.57. The Kier molecular flexibility index (Phi) is 8.31. The molecule has 6 atom stereocenters. The molecule has 10 nitrogen and oxygen atoms in total. The Hall–Kier alpha value is -3.83. The lowest BCUT2D eigenvalue weighted by Gasteiger charge is -2.41. The number of ether oxygens (including phenoxy) is 2. The minimum atomic E-state index is -1.40. The highest BCUT2D eigenvalue weighted by atomic mass is 16.5. The molecule has 5 aliphatic rings. The van der Waals surface area contributed by atoms with Crippen molar-refractivity contribution in [1.82, 2.24) is 14.7 Å². The molecule has 0 aromatic heterocycles. The van der Waals surface area contributed by atoms with Crippen molar-refractivity contribution in [2.45, 2.75) is 36.6 Å². The van der Waals surface area contributed by atoms with Crippen molar-refractivity contribution in [3.8, 4) is 0 Å². The largest absolute Gasteiger partial charge is 0.394 e. The first-order valence-electron chi connectivity index (χ1n) is 16.4. The summed E-state index contributed by atoms with van der Waals surface area (Å²) >= 11 is 0. The summed E-state index contributed by atoms with van der Waals surface area (Å²) in [7, 11) is 0. The smallest absolute Gasteiger partial charge is 0.249 e. The Balaban J connectivity index is 1.33. The van der Waals surface area contributed by atoms with Crippen molar-refractivity contribution in [3.05, 3.63) is 90.5 Å². The van der Waals surface area contributed by atoms with Crippen LogP contribution in [0, 0.1) is 11.8 Å². The first kappa shape index (κ1) is 30.8. The number of aliphatic hydroxyl groups is 1. The standard InChI is InChI=1S/C36H42N4O6/c1-2-35-15-9-18-39(27-13-7-4-8-14-27)32(42)29(35)30-33(43)40(28(25-41)26-11-5-3-6-12-26)31-34(44)38(17-10-16-36(30,31)46-35)20-19-37-21-23-45-24-22-37/h3-16,28-31,41H,2,17-25H2,1H3/t28-,29+,30+,31?,35-,36+/m1/s1. The second-order valence-electron chi connectivity index (χ2n) is 12.8. The first-order valence-corrected chi connectivity index (χ1v) is 16.4. The van der Waals surface area contributed by atoms with Gasteiger partial charge in [0.2, 0.25) is 17.7 Å².